The second-order valence-corrected chi connectivity index (χ2v) is 7.76. The zero-order valence-corrected chi connectivity index (χ0v) is 17.0. The van der Waals surface area contributed by atoms with E-state index in [0.717, 1.165) is 0 Å². The van der Waals surface area contributed by atoms with Crippen LogP contribution in [0.3, 0.4) is 0 Å². The van der Waals surface area contributed by atoms with Crippen LogP contribution in [-0.4, -0.2) is 51.3 Å². The molecule has 1 aliphatic carbocycles. The molecule has 0 aliphatic heterocycles. The molecule has 1 saturated carbocycles. The minimum absolute atomic E-state index is 0.0519. The first kappa shape index (κ1) is 23.4. The molecule has 5 atom stereocenters. The van der Waals surface area contributed by atoms with Crippen molar-refractivity contribution >= 4 is 17.6 Å². The Hall–Kier alpha value is -1.86. The van der Waals surface area contributed by atoms with Crippen molar-refractivity contribution in [2.24, 2.45) is 11.8 Å². The van der Waals surface area contributed by atoms with Crippen LogP contribution in [0.15, 0.2) is 48.6 Å². The molecule has 0 aromatic heterocycles. The van der Waals surface area contributed by atoms with Gasteiger partial charge in [-0.1, -0.05) is 42.0 Å². The van der Waals surface area contributed by atoms with Crippen LogP contribution in [0.2, 0.25) is 5.02 Å². The highest BCUT2D eigenvalue weighted by atomic mass is 35.5. The molecule has 0 spiro atoms. The van der Waals surface area contributed by atoms with Crippen molar-refractivity contribution in [2.75, 3.05) is 6.61 Å². The maximum Gasteiger partial charge on any atom is 0.303 e. The first-order valence-electron chi connectivity index (χ1n) is 9.84. The summed E-state index contributed by atoms with van der Waals surface area (Å²) in [4.78, 5) is 10.5. The van der Waals surface area contributed by atoms with Crippen molar-refractivity contribution in [3.8, 4) is 5.75 Å². The molecule has 6 nitrogen and oxygen atoms in total. The standard InChI is InChI=1S/C22H29ClO6/c23-15-6-5-7-17(12-15)29-14-16(24)10-11-19-18(20(25)13-21(19)26)8-3-1-2-4-9-22(27)28/h1,3,5-7,10-12,16,18-21,24-26H,2,4,8-9,13-14H2,(H,27,28)/b3-1+,11-10+/t16-,18+,19+,20-,21+/m0/s1. The summed E-state index contributed by atoms with van der Waals surface area (Å²) in [5.41, 5.74) is 0. The van der Waals surface area contributed by atoms with Crippen LogP contribution in [0.25, 0.3) is 0 Å². The topological polar surface area (TPSA) is 107 Å². The number of hydrogen-bond acceptors (Lipinski definition) is 5. The number of ether oxygens (including phenoxy) is 1. The lowest BCUT2D eigenvalue weighted by atomic mass is 9.89. The summed E-state index contributed by atoms with van der Waals surface area (Å²) in [7, 11) is 0. The van der Waals surface area contributed by atoms with Crippen molar-refractivity contribution in [3.05, 3.63) is 53.6 Å². The van der Waals surface area contributed by atoms with E-state index in [1.807, 2.05) is 12.2 Å². The molecule has 0 amide bonds. The number of aliphatic hydroxyl groups excluding tert-OH is 3. The van der Waals surface area contributed by atoms with E-state index in [9.17, 15) is 20.1 Å². The molecule has 0 saturated heterocycles. The molecule has 0 bridgehead atoms. The van der Waals surface area contributed by atoms with Crippen LogP contribution < -0.4 is 4.74 Å². The van der Waals surface area contributed by atoms with Crippen LogP contribution in [0.5, 0.6) is 5.75 Å². The van der Waals surface area contributed by atoms with Crippen LogP contribution in [0.4, 0.5) is 0 Å². The normalized spacial score (nSPS) is 25.7. The van der Waals surface area contributed by atoms with Gasteiger partial charge in [0.25, 0.3) is 0 Å². The minimum atomic E-state index is -0.855. The van der Waals surface area contributed by atoms with Gasteiger partial charge in [-0.15, -0.1) is 0 Å². The van der Waals surface area contributed by atoms with Crippen molar-refractivity contribution < 1.29 is 30.0 Å². The van der Waals surface area contributed by atoms with Gasteiger partial charge in [-0.3, -0.25) is 4.79 Å². The lowest BCUT2D eigenvalue weighted by Gasteiger charge is -2.19. The van der Waals surface area contributed by atoms with Gasteiger partial charge in [-0.2, -0.15) is 0 Å². The predicted molar refractivity (Wildman–Crippen MR) is 111 cm³/mol. The van der Waals surface area contributed by atoms with E-state index in [1.165, 1.54) is 0 Å². The molecule has 0 radical (unpaired) electrons. The second kappa shape index (κ2) is 12.0. The zero-order chi connectivity index (χ0) is 21.2. The number of benzene rings is 1. The van der Waals surface area contributed by atoms with Gasteiger partial charge in [0, 0.05) is 23.8 Å². The smallest absolute Gasteiger partial charge is 0.303 e. The van der Waals surface area contributed by atoms with Crippen molar-refractivity contribution in [1.29, 1.82) is 0 Å². The van der Waals surface area contributed by atoms with Crippen molar-refractivity contribution in [3.63, 3.8) is 0 Å². The number of rotatable bonds is 11. The van der Waals surface area contributed by atoms with E-state index in [-0.39, 0.29) is 24.9 Å². The lowest BCUT2D eigenvalue weighted by molar-refractivity contribution is -0.137. The summed E-state index contributed by atoms with van der Waals surface area (Å²) in [6.07, 6.45) is 7.26. The van der Waals surface area contributed by atoms with E-state index in [0.29, 0.717) is 36.5 Å². The highest BCUT2D eigenvalue weighted by molar-refractivity contribution is 6.30. The molecule has 1 aliphatic rings. The van der Waals surface area contributed by atoms with E-state index in [4.69, 9.17) is 21.4 Å². The molecule has 160 valence electrons. The van der Waals surface area contributed by atoms with Gasteiger partial charge in [-0.05, 0) is 43.4 Å². The number of carboxylic acids is 1. The van der Waals surface area contributed by atoms with Crippen molar-refractivity contribution in [1.82, 2.24) is 0 Å². The van der Waals surface area contributed by atoms with Gasteiger partial charge in [0.05, 0.1) is 12.2 Å². The molecule has 4 N–H and O–H groups in total. The number of aliphatic hydroxyl groups is 3. The van der Waals surface area contributed by atoms with Crippen LogP contribution >= 0.6 is 11.6 Å². The SMILES string of the molecule is O=C(O)CCC/C=C/C[C@@H]1[C@@H](/C=C/[C@H](O)COc2cccc(Cl)c2)[C@H](O)C[C@@H]1O. The number of allylic oxidation sites excluding steroid dienone is 2. The highest BCUT2D eigenvalue weighted by Gasteiger charge is 2.39. The Kier molecular flexibility index (Phi) is 9.67. The Morgan fingerprint density at radius 1 is 1.28 bits per heavy atom. The molecule has 1 aromatic carbocycles. The van der Waals surface area contributed by atoms with E-state index in [2.05, 4.69) is 0 Å². The molecule has 29 heavy (non-hydrogen) atoms. The number of carboxylic acid groups (broad SMARTS) is 1. The van der Waals surface area contributed by atoms with Crippen LogP contribution in [-0.2, 0) is 4.79 Å². The summed E-state index contributed by atoms with van der Waals surface area (Å²) in [5, 5.41) is 39.8. The number of halogens is 1. The third kappa shape index (κ3) is 8.19. The summed E-state index contributed by atoms with van der Waals surface area (Å²) in [6, 6.07) is 6.90. The monoisotopic (exact) mass is 424 g/mol. The van der Waals surface area contributed by atoms with Gasteiger partial charge in [0.15, 0.2) is 0 Å². The molecule has 2 rings (SSSR count). The largest absolute Gasteiger partial charge is 0.491 e. The van der Waals surface area contributed by atoms with Gasteiger partial charge in [0.2, 0.25) is 0 Å². The molecule has 7 heteroatoms. The lowest BCUT2D eigenvalue weighted by Crippen LogP contribution is -2.21. The maximum atomic E-state index is 10.5. The third-order valence-corrected chi connectivity index (χ3v) is 5.26. The Morgan fingerprint density at radius 3 is 2.79 bits per heavy atom. The summed E-state index contributed by atoms with van der Waals surface area (Å²) in [5.74, 6) is -0.671. The number of aliphatic carboxylic acids is 1. The number of carbonyl (C=O) groups is 1. The predicted octanol–water partition coefficient (Wildman–Crippen LogP) is 3.20. The van der Waals surface area contributed by atoms with Gasteiger partial charge >= 0.3 is 5.97 Å². The maximum absolute atomic E-state index is 10.5. The number of hydrogen-bond donors (Lipinski definition) is 4. The Morgan fingerprint density at radius 2 is 2.07 bits per heavy atom. The van der Waals surface area contributed by atoms with Crippen LogP contribution in [0, 0.1) is 11.8 Å². The highest BCUT2D eigenvalue weighted by Crippen LogP contribution is 2.36. The first-order valence-corrected chi connectivity index (χ1v) is 10.2. The average molecular weight is 425 g/mol. The molecule has 0 heterocycles. The fraction of sp³-hybridized carbons (Fsp3) is 0.500. The van der Waals surface area contributed by atoms with Gasteiger partial charge < -0.3 is 25.2 Å². The summed E-state index contributed by atoms with van der Waals surface area (Å²) < 4.78 is 5.51. The molecule has 0 unspecified atom stereocenters. The fourth-order valence-electron chi connectivity index (χ4n) is 3.50. The molecular formula is C22H29ClO6. The summed E-state index contributed by atoms with van der Waals surface area (Å²) in [6.45, 7) is 0.0519. The zero-order valence-electron chi connectivity index (χ0n) is 16.2. The third-order valence-electron chi connectivity index (χ3n) is 5.02. The van der Waals surface area contributed by atoms with E-state index in [1.54, 1.807) is 36.4 Å². The van der Waals surface area contributed by atoms with Gasteiger partial charge in [0.1, 0.15) is 18.5 Å². The molecule has 1 fully saturated rings. The van der Waals surface area contributed by atoms with E-state index < -0.39 is 24.3 Å². The average Bonchev–Trinajstić information content (AvgIpc) is 2.93. The first-order chi connectivity index (χ1) is 13.9. The van der Waals surface area contributed by atoms with Crippen LogP contribution in [0.1, 0.15) is 32.1 Å². The minimum Gasteiger partial charge on any atom is -0.491 e. The second-order valence-electron chi connectivity index (χ2n) is 7.33. The van der Waals surface area contributed by atoms with Crippen molar-refractivity contribution in [2.45, 2.75) is 50.4 Å². The Balaban J connectivity index is 1.83. The molecular weight excluding hydrogens is 396 g/mol. The number of unbranched alkanes of at least 4 members (excludes halogenated alkanes) is 1. The Bertz CT molecular complexity index is 704. The van der Waals surface area contributed by atoms with E-state index >= 15 is 0 Å². The van der Waals surface area contributed by atoms with Gasteiger partial charge in [-0.25, -0.2) is 0 Å². The molecule has 1 aromatic rings. The quantitative estimate of drug-likeness (QED) is 0.321. The summed E-state index contributed by atoms with van der Waals surface area (Å²) >= 11 is 5.90. The fourth-order valence-corrected chi connectivity index (χ4v) is 3.68. The Labute approximate surface area is 176 Å².